The average Bonchev–Trinajstić information content (AvgIpc) is 2.43. The molecule has 0 aromatic carbocycles. The Bertz CT molecular complexity index is 301. The topological polar surface area (TPSA) is 37.3 Å². The molecule has 0 saturated carbocycles. The number of carboxylic acids is 1. The number of aliphatic carboxylic acids is 1. The molecule has 114 valence electrons. The first-order valence-electron chi connectivity index (χ1n) is 7.94. The molecule has 0 bridgehead atoms. The van der Waals surface area contributed by atoms with Crippen molar-refractivity contribution in [2.75, 3.05) is 0 Å². The maximum Gasteiger partial charge on any atom is 0.303 e. The van der Waals surface area contributed by atoms with Crippen molar-refractivity contribution >= 4 is 5.97 Å². The summed E-state index contributed by atoms with van der Waals surface area (Å²) >= 11 is 0. The first kappa shape index (κ1) is 18.7. The van der Waals surface area contributed by atoms with Gasteiger partial charge in [0.1, 0.15) is 0 Å². The third kappa shape index (κ3) is 16.7. The fourth-order valence-corrected chi connectivity index (χ4v) is 1.90. The second-order valence-corrected chi connectivity index (χ2v) is 4.99. The molecule has 0 heterocycles. The molecule has 0 radical (unpaired) electrons. The maximum absolute atomic E-state index is 10.3. The van der Waals surface area contributed by atoms with Gasteiger partial charge >= 0.3 is 5.97 Å². The number of carboxylic acid groups (broad SMARTS) is 1. The highest BCUT2D eigenvalue weighted by molar-refractivity contribution is 5.66. The van der Waals surface area contributed by atoms with Gasteiger partial charge < -0.3 is 5.11 Å². The highest BCUT2D eigenvalue weighted by Crippen LogP contribution is 2.07. The molecule has 2 nitrogen and oxygen atoms in total. The SMILES string of the molecule is CC/C=C/C/C=C\C/C=C\CCCCCCC[14C](=O)O. The summed E-state index contributed by atoms with van der Waals surface area (Å²) in [5.74, 6) is -0.675. The van der Waals surface area contributed by atoms with E-state index in [0.29, 0.717) is 6.42 Å². The molecule has 0 aromatic rings. The van der Waals surface area contributed by atoms with Gasteiger partial charge in [-0.25, -0.2) is 0 Å². The molecule has 20 heavy (non-hydrogen) atoms. The quantitative estimate of drug-likeness (QED) is 0.349. The zero-order chi connectivity index (χ0) is 14.9. The summed E-state index contributed by atoms with van der Waals surface area (Å²) in [7, 11) is 0. The zero-order valence-electron chi connectivity index (χ0n) is 12.9. The fourth-order valence-electron chi connectivity index (χ4n) is 1.90. The molecule has 0 aliphatic heterocycles. The highest BCUT2D eigenvalue weighted by Gasteiger charge is 1.95. The minimum absolute atomic E-state index is 0.319. The van der Waals surface area contributed by atoms with Gasteiger partial charge in [-0.2, -0.15) is 0 Å². The van der Waals surface area contributed by atoms with Gasteiger partial charge in [-0.05, 0) is 38.5 Å². The van der Waals surface area contributed by atoms with Crippen molar-refractivity contribution < 1.29 is 9.90 Å². The third-order valence-electron chi connectivity index (χ3n) is 3.04. The van der Waals surface area contributed by atoms with Crippen LogP contribution < -0.4 is 0 Å². The minimum atomic E-state index is -0.675. The van der Waals surface area contributed by atoms with Crippen LogP contribution in [0.4, 0.5) is 0 Å². The molecule has 0 atom stereocenters. The molecule has 0 rings (SSSR count). The molecule has 0 aliphatic carbocycles. The van der Waals surface area contributed by atoms with Crippen molar-refractivity contribution in [3.8, 4) is 0 Å². The van der Waals surface area contributed by atoms with Crippen LogP contribution in [0.25, 0.3) is 0 Å². The average molecular weight is 280 g/mol. The second kappa shape index (κ2) is 15.7. The lowest BCUT2D eigenvalue weighted by Gasteiger charge is -1.98. The Morgan fingerprint density at radius 3 is 2.00 bits per heavy atom. The lowest BCUT2D eigenvalue weighted by atomic mass is 10.1. The summed E-state index contributed by atoms with van der Waals surface area (Å²) in [6, 6.07) is 0. The molecule has 1 N–H and O–H groups in total. The monoisotopic (exact) mass is 280 g/mol. The van der Waals surface area contributed by atoms with E-state index in [2.05, 4.69) is 43.4 Å². The lowest BCUT2D eigenvalue weighted by molar-refractivity contribution is -0.137. The molecule has 0 amide bonds. The first-order valence-corrected chi connectivity index (χ1v) is 7.94. The molecule has 0 saturated heterocycles. The van der Waals surface area contributed by atoms with Crippen LogP contribution >= 0.6 is 0 Å². The smallest absolute Gasteiger partial charge is 0.303 e. The second-order valence-electron chi connectivity index (χ2n) is 4.99. The zero-order valence-corrected chi connectivity index (χ0v) is 12.9. The van der Waals surface area contributed by atoms with Gasteiger partial charge in [-0.15, -0.1) is 0 Å². The number of unbranched alkanes of at least 4 members (excludes halogenated alkanes) is 5. The maximum atomic E-state index is 10.3. The molecule has 0 aliphatic rings. The Balaban J connectivity index is 3.23. The Morgan fingerprint density at radius 2 is 1.35 bits per heavy atom. The molecule has 0 spiro atoms. The molecule has 2 heteroatoms. The number of hydrogen-bond acceptors (Lipinski definition) is 1. The Morgan fingerprint density at radius 1 is 0.800 bits per heavy atom. The van der Waals surface area contributed by atoms with Gasteiger partial charge in [-0.1, -0.05) is 62.6 Å². The van der Waals surface area contributed by atoms with Gasteiger partial charge in [0, 0.05) is 6.42 Å². The molecular formula is C18H30O2. The molecule has 0 aromatic heterocycles. The van der Waals surface area contributed by atoms with Crippen molar-refractivity contribution in [2.45, 2.75) is 71.1 Å². The van der Waals surface area contributed by atoms with Crippen LogP contribution in [-0.4, -0.2) is 11.1 Å². The standard InChI is InChI=1S/C18H30O2/c1-2-3-4-5-6-7-8-9-10-11-12-13-14-15-16-17-18(19)20/h3-4,6-7,9-10H,2,5,8,11-17H2,1H3,(H,19,20)/b4-3+,7-6-,10-9-/i18+2. The van der Waals surface area contributed by atoms with E-state index >= 15 is 0 Å². The van der Waals surface area contributed by atoms with Crippen LogP contribution in [0.3, 0.4) is 0 Å². The number of carbonyl (C=O) groups is 1. The summed E-state index contributed by atoms with van der Waals surface area (Å²) in [4.78, 5) is 10.3. The third-order valence-corrected chi connectivity index (χ3v) is 3.04. The summed E-state index contributed by atoms with van der Waals surface area (Å²) < 4.78 is 0. The van der Waals surface area contributed by atoms with E-state index in [9.17, 15) is 4.79 Å². The number of allylic oxidation sites excluding steroid dienone is 6. The van der Waals surface area contributed by atoms with Gasteiger partial charge in [0.05, 0.1) is 0 Å². The first-order chi connectivity index (χ1) is 9.77. The van der Waals surface area contributed by atoms with Crippen molar-refractivity contribution in [3.05, 3.63) is 36.5 Å². The summed E-state index contributed by atoms with van der Waals surface area (Å²) in [6.07, 6.45) is 23.4. The predicted molar refractivity (Wildman–Crippen MR) is 86.9 cm³/mol. The normalized spacial score (nSPS) is 12.1. The largest absolute Gasteiger partial charge is 0.481 e. The van der Waals surface area contributed by atoms with Gasteiger partial charge in [-0.3, -0.25) is 4.79 Å². The fraction of sp³-hybridized carbons (Fsp3) is 0.611. The van der Waals surface area contributed by atoms with Crippen molar-refractivity contribution in [3.63, 3.8) is 0 Å². The van der Waals surface area contributed by atoms with Crippen LogP contribution in [0.2, 0.25) is 0 Å². The van der Waals surface area contributed by atoms with Crippen LogP contribution in [0.5, 0.6) is 0 Å². The lowest BCUT2D eigenvalue weighted by Crippen LogP contribution is -1.93. The van der Waals surface area contributed by atoms with E-state index in [4.69, 9.17) is 5.11 Å². The van der Waals surface area contributed by atoms with Crippen molar-refractivity contribution in [1.82, 2.24) is 0 Å². The number of rotatable bonds is 13. The van der Waals surface area contributed by atoms with Gasteiger partial charge in [0.25, 0.3) is 0 Å². The van der Waals surface area contributed by atoms with E-state index in [-0.39, 0.29) is 0 Å². The molecule has 0 unspecified atom stereocenters. The molecule has 0 fully saturated rings. The van der Waals surface area contributed by atoms with E-state index in [1.807, 2.05) is 0 Å². The van der Waals surface area contributed by atoms with E-state index < -0.39 is 5.97 Å². The van der Waals surface area contributed by atoms with Crippen LogP contribution in [0.15, 0.2) is 36.5 Å². The Hall–Kier alpha value is -1.31. The summed E-state index contributed by atoms with van der Waals surface area (Å²) in [5, 5.41) is 8.50. The number of hydrogen-bond donors (Lipinski definition) is 1. The van der Waals surface area contributed by atoms with Crippen molar-refractivity contribution in [1.29, 1.82) is 0 Å². The highest BCUT2D eigenvalue weighted by atomic mass is 16.6. The van der Waals surface area contributed by atoms with Crippen LogP contribution in [0.1, 0.15) is 71.1 Å². The summed E-state index contributed by atoms with van der Waals surface area (Å²) in [6.45, 7) is 2.15. The Kier molecular flexibility index (Phi) is 14.7. The molecular weight excluding hydrogens is 250 g/mol. The predicted octanol–water partition coefficient (Wildman–Crippen LogP) is 5.66. The van der Waals surface area contributed by atoms with Crippen molar-refractivity contribution in [2.24, 2.45) is 0 Å². The van der Waals surface area contributed by atoms with Crippen LogP contribution in [-0.2, 0) is 4.79 Å². The van der Waals surface area contributed by atoms with E-state index in [1.54, 1.807) is 0 Å². The Labute approximate surface area is 124 Å². The van der Waals surface area contributed by atoms with E-state index in [1.165, 1.54) is 12.8 Å². The van der Waals surface area contributed by atoms with Gasteiger partial charge in [0.15, 0.2) is 0 Å². The minimum Gasteiger partial charge on any atom is -0.481 e. The van der Waals surface area contributed by atoms with E-state index in [0.717, 1.165) is 44.9 Å². The van der Waals surface area contributed by atoms with Crippen LogP contribution in [0, 0.1) is 0 Å². The van der Waals surface area contributed by atoms with Gasteiger partial charge in [0.2, 0.25) is 0 Å². The summed E-state index contributed by atoms with van der Waals surface area (Å²) in [5.41, 5.74) is 0.